The van der Waals surface area contributed by atoms with Gasteiger partial charge in [0.05, 0.1) is 19.5 Å². The molecule has 3 heterocycles. The zero-order valence-electron chi connectivity index (χ0n) is 11.2. The van der Waals surface area contributed by atoms with Gasteiger partial charge in [0.15, 0.2) is 0 Å². The number of hydrogen-bond donors (Lipinski definition) is 2. The lowest BCUT2D eigenvalue weighted by atomic mass is 10.3. The number of ether oxygens (including phenoxy) is 1. The first-order chi connectivity index (χ1) is 9.92. The highest BCUT2D eigenvalue weighted by atomic mass is 16.5. The maximum Gasteiger partial charge on any atom is 0.134 e. The fourth-order valence-corrected chi connectivity index (χ4v) is 2.16. The molecule has 2 N–H and O–H groups in total. The summed E-state index contributed by atoms with van der Waals surface area (Å²) in [5.74, 6) is 1.80. The van der Waals surface area contributed by atoms with Crippen LogP contribution in [0.4, 0.5) is 11.6 Å². The third-order valence-corrected chi connectivity index (χ3v) is 3.24. The smallest absolute Gasteiger partial charge is 0.134 e. The Labute approximate surface area is 117 Å². The van der Waals surface area contributed by atoms with Crippen molar-refractivity contribution < 1.29 is 4.74 Å². The van der Waals surface area contributed by atoms with Crippen LogP contribution in [-0.4, -0.2) is 52.8 Å². The van der Waals surface area contributed by atoms with E-state index in [1.54, 1.807) is 12.7 Å². The molecule has 0 aromatic carbocycles. The highest BCUT2D eigenvalue weighted by molar-refractivity contribution is 5.48. The second kappa shape index (κ2) is 6.33. The minimum Gasteiger partial charge on any atom is -0.378 e. The van der Waals surface area contributed by atoms with Gasteiger partial charge in [0.2, 0.25) is 0 Å². The van der Waals surface area contributed by atoms with Crippen molar-refractivity contribution in [2.24, 2.45) is 0 Å². The largest absolute Gasteiger partial charge is 0.378 e. The van der Waals surface area contributed by atoms with E-state index in [0.717, 1.165) is 56.6 Å². The van der Waals surface area contributed by atoms with Crippen LogP contribution in [0.3, 0.4) is 0 Å². The first kappa shape index (κ1) is 12.9. The average Bonchev–Trinajstić information content (AvgIpc) is 3.02. The molecule has 0 saturated carbocycles. The number of aromatic nitrogens is 4. The summed E-state index contributed by atoms with van der Waals surface area (Å²) in [6.45, 7) is 4.08. The molecule has 106 valence electrons. The number of rotatable bonds is 5. The number of imidazole rings is 1. The van der Waals surface area contributed by atoms with E-state index in [-0.39, 0.29) is 0 Å². The van der Waals surface area contributed by atoms with Gasteiger partial charge >= 0.3 is 0 Å². The molecule has 1 aliphatic rings. The normalized spacial score (nSPS) is 15.3. The highest BCUT2D eigenvalue weighted by Gasteiger charge is 2.12. The Bertz CT molecular complexity index is 523. The molecular weight excluding hydrogens is 256 g/mol. The first-order valence-electron chi connectivity index (χ1n) is 6.78. The molecule has 0 unspecified atom stereocenters. The lowest BCUT2D eigenvalue weighted by Gasteiger charge is -2.27. The number of nitrogens with one attached hydrogen (secondary N) is 2. The van der Waals surface area contributed by atoms with Crippen molar-refractivity contribution >= 4 is 11.6 Å². The van der Waals surface area contributed by atoms with Crippen molar-refractivity contribution in [3.8, 4) is 0 Å². The Morgan fingerprint density at radius 3 is 3.00 bits per heavy atom. The molecule has 0 amide bonds. The third kappa shape index (κ3) is 3.24. The van der Waals surface area contributed by atoms with Crippen molar-refractivity contribution in [2.75, 3.05) is 43.1 Å². The van der Waals surface area contributed by atoms with Gasteiger partial charge in [0.1, 0.15) is 18.0 Å². The van der Waals surface area contributed by atoms with E-state index in [9.17, 15) is 0 Å². The molecule has 2 aromatic heterocycles. The van der Waals surface area contributed by atoms with Crippen LogP contribution in [0.15, 0.2) is 24.9 Å². The van der Waals surface area contributed by atoms with Gasteiger partial charge < -0.3 is 19.9 Å². The Morgan fingerprint density at radius 1 is 1.30 bits per heavy atom. The maximum absolute atomic E-state index is 5.35. The van der Waals surface area contributed by atoms with Crippen molar-refractivity contribution in [1.29, 1.82) is 0 Å². The summed E-state index contributed by atoms with van der Waals surface area (Å²) in [5.41, 5.74) is 1.11. The predicted molar refractivity (Wildman–Crippen MR) is 75.8 cm³/mol. The quantitative estimate of drug-likeness (QED) is 0.835. The second-order valence-electron chi connectivity index (χ2n) is 4.61. The van der Waals surface area contributed by atoms with Crippen molar-refractivity contribution in [3.63, 3.8) is 0 Å². The molecule has 20 heavy (non-hydrogen) atoms. The summed E-state index contributed by atoms with van der Waals surface area (Å²) in [6.07, 6.45) is 6.01. The van der Waals surface area contributed by atoms with Crippen LogP contribution in [0.5, 0.6) is 0 Å². The van der Waals surface area contributed by atoms with Gasteiger partial charge in [-0.2, -0.15) is 0 Å². The molecule has 0 aliphatic carbocycles. The molecule has 3 rings (SSSR count). The third-order valence-electron chi connectivity index (χ3n) is 3.24. The molecule has 2 aromatic rings. The van der Waals surface area contributed by atoms with Crippen LogP contribution < -0.4 is 10.2 Å². The molecular formula is C13H18N6O. The Hall–Kier alpha value is -2.15. The van der Waals surface area contributed by atoms with E-state index >= 15 is 0 Å². The maximum atomic E-state index is 5.35. The van der Waals surface area contributed by atoms with Gasteiger partial charge in [-0.1, -0.05) is 0 Å². The van der Waals surface area contributed by atoms with Crippen molar-refractivity contribution in [2.45, 2.75) is 6.42 Å². The van der Waals surface area contributed by atoms with E-state index < -0.39 is 0 Å². The molecule has 0 atom stereocenters. The number of H-pyrrole nitrogens is 1. The molecule has 1 aliphatic heterocycles. The van der Waals surface area contributed by atoms with E-state index in [2.05, 4.69) is 30.2 Å². The summed E-state index contributed by atoms with van der Waals surface area (Å²) in [6, 6.07) is 1.98. The number of hydrogen-bond acceptors (Lipinski definition) is 6. The van der Waals surface area contributed by atoms with E-state index in [1.165, 1.54) is 0 Å². The zero-order chi connectivity index (χ0) is 13.6. The van der Waals surface area contributed by atoms with E-state index in [0.29, 0.717) is 0 Å². The molecule has 1 fully saturated rings. The Balaban J connectivity index is 1.56. The topological polar surface area (TPSA) is 79.0 Å². The molecule has 7 heteroatoms. The van der Waals surface area contributed by atoms with Crippen LogP contribution >= 0.6 is 0 Å². The van der Waals surface area contributed by atoms with Gasteiger partial charge in [-0.05, 0) is 0 Å². The minimum absolute atomic E-state index is 0.757. The lowest BCUT2D eigenvalue weighted by Crippen LogP contribution is -2.36. The minimum atomic E-state index is 0.757. The summed E-state index contributed by atoms with van der Waals surface area (Å²) in [7, 11) is 0. The van der Waals surface area contributed by atoms with Crippen LogP contribution in [0.1, 0.15) is 5.69 Å². The van der Waals surface area contributed by atoms with E-state index in [4.69, 9.17) is 4.74 Å². The summed E-state index contributed by atoms with van der Waals surface area (Å²) >= 11 is 0. The number of morpholine rings is 1. The fourth-order valence-electron chi connectivity index (χ4n) is 2.16. The van der Waals surface area contributed by atoms with Crippen LogP contribution in [0.25, 0.3) is 0 Å². The summed E-state index contributed by atoms with van der Waals surface area (Å²) in [4.78, 5) is 17.9. The molecule has 1 saturated heterocycles. The number of anilines is 2. The second-order valence-corrected chi connectivity index (χ2v) is 4.61. The number of aromatic amines is 1. The van der Waals surface area contributed by atoms with E-state index in [1.807, 2.05) is 12.3 Å². The van der Waals surface area contributed by atoms with Crippen molar-refractivity contribution in [1.82, 2.24) is 19.9 Å². The Kier molecular flexibility index (Phi) is 4.07. The molecule has 0 radical (unpaired) electrons. The molecule has 7 nitrogen and oxygen atoms in total. The average molecular weight is 274 g/mol. The van der Waals surface area contributed by atoms with Crippen LogP contribution in [-0.2, 0) is 11.2 Å². The summed E-state index contributed by atoms with van der Waals surface area (Å²) in [5, 5.41) is 3.31. The number of nitrogens with zero attached hydrogens (tertiary/aromatic N) is 4. The van der Waals surface area contributed by atoms with Gasteiger partial charge in [-0.15, -0.1) is 0 Å². The zero-order valence-corrected chi connectivity index (χ0v) is 11.2. The van der Waals surface area contributed by atoms with Crippen molar-refractivity contribution in [3.05, 3.63) is 30.6 Å². The van der Waals surface area contributed by atoms with Gasteiger partial charge in [0, 0.05) is 44.0 Å². The Morgan fingerprint density at radius 2 is 2.20 bits per heavy atom. The highest BCUT2D eigenvalue weighted by Crippen LogP contribution is 2.15. The van der Waals surface area contributed by atoms with Crippen LogP contribution in [0, 0.1) is 0 Å². The van der Waals surface area contributed by atoms with Gasteiger partial charge in [0.25, 0.3) is 0 Å². The monoisotopic (exact) mass is 274 g/mol. The molecule has 0 spiro atoms. The van der Waals surface area contributed by atoms with Gasteiger partial charge in [-0.3, -0.25) is 0 Å². The van der Waals surface area contributed by atoms with Gasteiger partial charge in [-0.25, -0.2) is 15.0 Å². The lowest BCUT2D eigenvalue weighted by molar-refractivity contribution is 0.122. The predicted octanol–water partition coefficient (Wildman–Crippen LogP) is 0.691. The first-order valence-corrected chi connectivity index (χ1v) is 6.78. The SMILES string of the molecule is c1nc(NCCc2cnc[nH]2)cc(N2CCOCC2)n1. The fraction of sp³-hybridized carbons (Fsp3) is 0.462. The van der Waals surface area contributed by atoms with Crippen LogP contribution in [0.2, 0.25) is 0 Å². The standard InChI is InChI=1S/C13H18N6O/c1(11-8-14-9-16-11)2-15-12-7-13(18-10-17-12)19-3-5-20-6-4-19/h7-10H,1-6H2,(H,14,16)(H,15,17,18). The summed E-state index contributed by atoms with van der Waals surface area (Å²) < 4.78 is 5.35. The molecule has 0 bridgehead atoms.